The van der Waals surface area contributed by atoms with Crippen molar-refractivity contribution in [2.24, 2.45) is 0 Å². The Labute approximate surface area is 172 Å². The van der Waals surface area contributed by atoms with Gasteiger partial charge < -0.3 is 20.0 Å². The summed E-state index contributed by atoms with van der Waals surface area (Å²) in [7, 11) is 4.07. The number of likely N-dealkylation sites (N-methyl/N-ethyl adjacent to an activating group) is 1. The van der Waals surface area contributed by atoms with E-state index in [0.29, 0.717) is 13.1 Å². The molecule has 1 fully saturated rings. The SMILES string of the molecule is CN(C)CC(Cc1ccccc1)NC(=O)N1CCN(c2ccccc2Cl)CC1. The van der Waals surface area contributed by atoms with Crippen LogP contribution in [0.15, 0.2) is 54.6 Å². The standard InChI is InChI=1S/C22H29ClN4O/c1-25(2)17-19(16-18-8-4-3-5-9-18)24-22(28)27-14-12-26(13-15-27)21-11-7-6-10-20(21)23/h3-11,19H,12-17H2,1-2H3,(H,24,28). The van der Waals surface area contributed by atoms with Gasteiger partial charge in [0, 0.05) is 38.8 Å². The second-order valence-electron chi connectivity index (χ2n) is 7.52. The van der Waals surface area contributed by atoms with Crippen molar-refractivity contribution >= 4 is 23.3 Å². The zero-order valence-corrected chi connectivity index (χ0v) is 17.4. The average Bonchev–Trinajstić information content (AvgIpc) is 2.69. The minimum absolute atomic E-state index is 0.0154. The monoisotopic (exact) mass is 400 g/mol. The lowest BCUT2D eigenvalue weighted by atomic mass is 10.1. The number of amides is 2. The number of piperazine rings is 1. The fraction of sp³-hybridized carbons (Fsp3) is 0.409. The van der Waals surface area contributed by atoms with Gasteiger partial charge in [-0.25, -0.2) is 4.79 Å². The van der Waals surface area contributed by atoms with E-state index in [9.17, 15) is 4.79 Å². The van der Waals surface area contributed by atoms with Crippen LogP contribution in [0.1, 0.15) is 5.56 Å². The summed E-state index contributed by atoms with van der Waals surface area (Å²) in [6, 6.07) is 18.3. The van der Waals surface area contributed by atoms with E-state index in [1.807, 2.05) is 61.5 Å². The third kappa shape index (κ3) is 5.63. The van der Waals surface area contributed by atoms with Gasteiger partial charge in [-0.3, -0.25) is 0 Å². The van der Waals surface area contributed by atoms with Gasteiger partial charge in [-0.1, -0.05) is 54.1 Å². The number of para-hydroxylation sites is 1. The summed E-state index contributed by atoms with van der Waals surface area (Å²) in [5, 5.41) is 3.99. The van der Waals surface area contributed by atoms with Crippen LogP contribution in [-0.4, -0.2) is 68.7 Å². The van der Waals surface area contributed by atoms with E-state index in [4.69, 9.17) is 11.6 Å². The van der Waals surface area contributed by atoms with Crippen molar-refractivity contribution in [3.05, 3.63) is 65.2 Å². The summed E-state index contributed by atoms with van der Waals surface area (Å²) in [5.74, 6) is 0. The molecule has 6 heteroatoms. The molecule has 28 heavy (non-hydrogen) atoms. The van der Waals surface area contributed by atoms with E-state index in [2.05, 4.69) is 27.2 Å². The molecule has 2 amide bonds. The lowest BCUT2D eigenvalue weighted by Gasteiger charge is -2.37. The molecule has 2 aromatic carbocycles. The van der Waals surface area contributed by atoms with E-state index in [0.717, 1.165) is 36.8 Å². The van der Waals surface area contributed by atoms with E-state index < -0.39 is 0 Å². The molecule has 0 spiro atoms. The van der Waals surface area contributed by atoms with Crippen molar-refractivity contribution in [3.63, 3.8) is 0 Å². The molecule has 0 bridgehead atoms. The largest absolute Gasteiger partial charge is 0.367 e. The fourth-order valence-electron chi connectivity index (χ4n) is 3.63. The van der Waals surface area contributed by atoms with Crippen LogP contribution in [0.5, 0.6) is 0 Å². The molecule has 3 rings (SSSR count). The van der Waals surface area contributed by atoms with Crippen LogP contribution in [-0.2, 0) is 6.42 Å². The maximum atomic E-state index is 12.8. The Morgan fingerprint density at radius 3 is 2.32 bits per heavy atom. The lowest BCUT2D eigenvalue weighted by molar-refractivity contribution is 0.187. The zero-order valence-electron chi connectivity index (χ0n) is 16.6. The number of nitrogens with one attached hydrogen (secondary N) is 1. The van der Waals surface area contributed by atoms with Crippen LogP contribution in [0.4, 0.5) is 10.5 Å². The first kappa shape index (κ1) is 20.5. The highest BCUT2D eigenvalue weighted by molar-refractivity contribution is 6.33. The average molecular weight is 401 g/mol. The Balaban J connectivity index is 1.56. The minimum atomic E-state index is 0.0154. The van der Waals surface area contributed by atoms with Crippen LogP contribution in [0.2, 0.25) is 5.02 Å². The van der Waals surface area contributed by atoms with Crippen LogP contribution < -0.4 is 10.2 Å². The Kier molecular flexibility index (Phi) is 7.18. The first-order valence-electron chi connectivity index (χ1n) is 9.76. The van der Waals surface area contributed by atoms with E-state index >= 15 is 0 Å². The van der Waals surface area contributed by atoms with Gasteiger partial charge in [-0.2, -0.15) is 0 Å². The Hall–Kier alpha value is -2.24. The molecular formula is C22H29ClN4O. The molecule has 0 radical (unpaired) electrons. The molecule has 1 atom stereocenters. The number of rotatable bonds is 6. The molecule has 5 nitrogen and oxygen atoms in total. The molecule has 1 unspecified atom stereocenters. The van der Waals surface area contributed by atoms with E-state index in [-0.39, 0.29) is 12.1 Å². The summed E-state index contributed by atoms with van der Waals surface area (Å²) in [4.78, 5) is 19.1. The van der Waals surface area contributed by atoms with Crippen molar-refractivity contribution < 1.29 is 4.79 Å². The van der Waals surface area contributed by atoms with Gasteiger partial charge in [0.2, 0.25) is 0 Å². The van der Waals surface area contributed by atoms with Gasteiger partial charge >= 0.3 is 6.03 Å². The number of carbonyl (C=O) groups is 1. The fourth-order valence-corrected chi connectivity index (χ4v) is 3.88. The zero-order chi connectivity index (χ0) is 19.9. The molecule has 150 valence electrons. The molecule has 1 N–H and O–H groups in total. The maximum absolute atomic E-state index is 12.8. The molecule has 1 aliphatic rings. The molecule has 1 aliphatic heterocycles. The highest BCUT2D eigenvalue weighted by Gasteiger charge is 2.24. The topological polar surface area (TPSA) is 38.8 Å². The third-order valence-corrected chi connectivity index (χ3v) is 5.32. The number of urea groups is 1. The summed E-state index contributed by atoms with van der Waals surface area (Å²) < 4.78 is 0. The van der Waals surface area contributed by atoms with Gasteiger partial charge in [0.25, 0.3) is 0 Å². The molecule has 1 saturated heterocycles. The smallest absolute Gasteiger partial charge is 0.317 e. The van der Waals surface area contributed by atoms with E-state index in [1.165, 1.54) is 5.56 Å². The lowest BCUT2D eigenvalue weighted by Crippen LogP contribution is -2.55. The van der Waals surface area contributed by atoms with Gasteiger partial charge in [0.1, 0.15) is 0 Å². The second-order valence-corrected chi connectivity index (χ2v) is 7.93. The van der Waals surface area contributed by atoms with Crippen molar-refractivity contribution in [2.45, 2.75) is 12.5 Å². The normalized spacial score (nSPS) is 15.6. The second kappa shape index (κ2) is 9.80. The van der Waals surface area contributed by atoms with Crippen molar-refractivity contribution in [2.75, 3.05) is 51.7 Å². The first-order chi connectivity index (χ1) is 13.5. The molecule has 2 aromatic rings. The van der Waals surface area contributed by atoms with Crippen LogP contribution >= 0.6 is 11.6 Å². The third-order valence-electron chi connectivity index (χ3n) is 5.00. The van der Waals surface area contributed by atoms with Crippen molar-refractivity contribution in [3.8, 4) is 0 Å². The number of hydrogen-bond donors (Lipinski definition) is 1. The number of benzene rings is 2. The first-order valence-corrected chi connectivity index (χ1v) is 10.1. The quantitative estimate of drug-likeness (QED) is 0.808. The Bertz CT molecular complexity index is 760. The number of halogens is 1. The maximum Gasteiger partial charge on any atom is 0.317 e. The number of anilines is 1. The molecule has 0 saturated carbocycles. The van der Waals surface area contributed by atoms with Crippen molar-refractivity contribution in [1.82, 2.24) is 15.1 Å². The summed E-state index contributed by atoms with van der Waals surface area (Å²) in [6.07, 6.45) is 0.824. The predicted octanol–water partition coefficient (Wildman–Crippen LogP) is 3.34. The molecule has 0 aromatic heterocycles. The van der Waals surface area contributed by atoms with E-state index in [1.54, 1.807) is 0 Å². The van der Waals surface area contributed by atoms with Crippen LogP contribution in [0, 0.1) is 0 Å². The molecule has 0 aliphatic carbocycles. The number of carbonyl (C=O) groups excluding carboxylic acids is 1. The summed E-state index contributed by atoms with van der Waals surface area (Å²) in [5.41, 5.74) is 2.27. The summed E-state index contributed by atoms with van der Waals surface area (Å²) in [6.45, 7) is 3.76. The highest BCUT2D eigenvalue weighted by atomic mass is 35.5. The highest BCUT2D eigenvalue weighted by Crippen LogP contribution is 2.26. The van der Waals surface area contributed by atoms with Gasteiger partial charge in [-0.15, -0.1) is 0 Å². The van der Waals surface area contributed by atoms with Crippen molar-refractivity contribution in [1.29, 1.82) is 0 Å². The molecular weight excluding hydrogens is 372 g/mol. The van der Waals surface area contributed by atoms with Crippen LogP contribution in [0.3, 0.4) is 0 Å². The van der Waals surface area contributed by atoms with Gasteiger partial charge in [0.15, 0.2) is 0 Å². The minimum Gasteiger partial charge on any atom is -0.367 e. The van der Waals surface area contributed by atoms with Gasteiger partial charge in [0.05, 0.1) is 10.7 Å². The number of hydrogen-bond acceptors (Lipinski definition) is 3. The molecule has 1 heterocycles. The summed E-state index contributed by atoms with van der Waals surface area (Å²) >= 11 is 6.31. The number of nitrogens with zero attached hydrogens (tertiary/aromatic N) is 3. The Morgan fingerprint density at radius 1 is 1.04 bits per heavy atom. The van der Waals surface area contributed by atoms with Crippen LogP contribution in [0.25, 0.3) is 0 Å². The van der Waals surface area contributed by atoms with Gasteiger partial charge in [-0.05, 0) is 38.2 Å². The Morgan fingerprint density at radius 2 is 1.68 bits per heavy atom. The predicted molar refractivity (Wildman–Crippen MR) is 116 cm³/mol.